The van der Waals surface area contributed by atoms with Crippen LogP contribution in [-0.2, 0) is 14.3 Å². The number of ether oxygens (including phenoxy) is 2. The lowest BCUT2D eigenvalue weighted by Gasteiger charge is -2.32. The van der Waals surface area contributed by atoms with Crippen molar-refractivity contribution in [2.24, 2.45) is 5.92 Å². The molecule has 0 aromatic heterocycles. The molecule has 0 aliphatic heterocycles. The van der Waals surface area contributed by atoms with Gasteiger partial charge in [-0.05, 0) is 40.0 Å². The van der Waals surface area contributed by atoms with Gasteiger partial charge in [-0.25, -0.2) is 4.79 Å². The number of rotatable bonds is 2. The molecule has 1 amide bonds. The molecule has 0 bridgehead atoms. The maximum atomic E-state index is 11.6. The molecule has 1 fully saturated rings. The van der Waals surface area contributed by atoms with E-state index in [9.17, 15) is 14.7 Å². The Balaban J connectivity index is 2.46. The number of carbonyl (C=O) groups is 2. The van der Waals surface area contributed by atoms with Gasteiger partial charge in [-0.2, -0.15) is 0 Å². The monoisotopic (exact) mass is 273 g/mol. The molecular formula is C13H23NO5. The Kier molecular flexibility index (Phi) is 5.17. The fourth-order valence-electron chi connectivity index (χ4n) is 2.15. The summed E-state index contributed by atoms with van der Waals surface area (Å²) in [5, 5.41) is 12.6. The second-order valence-corrected chi connectivity index (χ2v) is 5.85. The zero-order valence-electron chi connectivity index (χ0n) is 11.9. The molecule has 0 aromatic rings. The third kappa shape index (κ3) is 5.06. The first-order chi connectivity index (χ1) is 8.73. The molecule has 19 heavy (non-hydrogen) atoms. The lowest BCUT2D eigenvalue weighted by molar-refractivity contribution is -0.148. The summed E-state index contributed by atoms with van der Waals surface area (Å²) < 4.78 is 9.79. The van der Waals surface area contributed by atoms with Gasteiger partial charge in [0.15, 0.2) is 0 Å². The highest BCUT2D eigenvalue weighted by molar-refractivity contribution is 5.72. The Morgan fingerprint density at radius 3 is 2.37 bits per heavy atom. The van der Waals surface area contributed by atoms with E-state index in [0.717, 1.165) is 0 Å². The van der Waals surface area contributed by atoms with Crippen molar-refractivity contribution in [3.8, 4) is 0 Å². The molecular weight excluding hydrogens is 250 g/mol. The van der Waals surface area contributed by atoms with Gasteiger partial charge in [0.1, 0.15) is 5.60 Å². The van der Waals surface area contributed by atoms with Crippen molar-refractivity contribution in [3.05, 3.63) is 0 Å². The summed E-state index contributed by atoms with van der Waals surface area (Å²) in [4.78, 5) is 23.0. The van der Waals surface area contributed by atoms with Gasteiger partial charge in [-0.15, -0.1) is 0 Å². The summed E-state index contributed by atoms with van der Waals surface area (Å²) in [6.07, 6.45) is 0.107. The number of hydrogen-bond acceptors (Lipinski definition) is 5. The molecule has 2 N–H and O–H groups in total. The second-order valence-electron chi connectivity index (χ2n) is 5.85. The Labute approximate surface area is 113 Å². The maximum absolute atomic E-state index is 11.6. The molecule has 6 nitrogen and oxygen atoms in total. The summed E-state index contributed by atoms with van der Waals surface area (Å²) in [6.45, 7) is 5.32. The molecule has 0 saturated heterocycles. The average molecular weight is 273 g/mol. The summed E-state index contributed by atoms with van der Waals surface area (Å²) in [5.41, 5.74) is -0.571. The number of esters is 1. The Bertz CT molecular complexity index is 336. The minimum atomic E-state index is -0.759. The molecule has 1 saturated carbocycles. The number of methoxy groups -OCH3 is 1. The summed E-state index contributed by atoms with van der Waals surface area (Å²) >= 11 is 0. The molecule has 6 heteroatoms. The van der Waals surface area contributed by atoms with Crippen LogP contribution in [0.3, 0.4) is 0 Å². The van der Waals surface area contributed by atoms with Gasteiger partial charge < -0.3 is 19.9 Å². The molecule has 0 radical (unpaired) electrons. The van der Waals surface area contributed by atoms with Crippen LogP contribution in [0.2, 0.25) is 0 Å². The largest absolute Gasteiger partial charge is 0.469 e. The van der Waals surface area contributed by atoms with E-state index in [1.54, 1.807) is 20.8 Å². The van der Waals surface area contributed by atoms with Gasteiger partial charge in [0.25, 0.3) is 0 Å². The second kappa shape index (κ2) is 6.23. The highest BCUT2D eigenvalue weighted by Gasteiger charge is 2.34. The normalized spacial score (nSPS) is 27.5. The molecule has 0 spiro atoms. The van der Waals surface area contributed by atoms with E-state index in [2.05, 4.69) is 10.1 Å². The number of nitrogens with one attached hydrogen (secondary N) is 1. The number of alkyl carbamates (subject to hydrolysis) is 1. The van der Waals surface area contributed by atoms with Crippen molar-refractivity contribution >= 4 is 12.1 Å². The van der Waals surface area contributed by atoms with Crippen LogP contribution in [0, 0.1) is 5.92 Å². The predicted molar refractivity (Wildman–Crippen MR) is 68.5 cm³/mol. The van der Waals surface area contributed by atoms with Crippen molar-refractivity contribution in [3.63, 3.8) is 0 Å². The Hall–Kier alpha value is -1.30. The molecule has 1 rings (SSSR count). The summed E-state index contributed by atoms with van der Waals surface area (Å²) in [7, 11) is 1.33. The molecule has 0 aromatic carbocycles. The Morgan fingerprint density at radius 1 is 1.26 bits per heavy atom. The quantitative estimate of drug-likeness (QED) is 0.739. The third-order valence-electron chi connectivity index (χ3n) is 3.05. The lowest BCUT2D eigenvalue weighted by atomic mass is 9.84. The van der Waals surface area contributed by atoms with Crippen LogP contribution in [0.1, 0.15) is 40.0 Å². The number of aliphatic hydroxyl groups is 1. The SMILES string of the molecule is COC(=O)[C@@H]1CC[C@@H](NC(=O)OC(C)(C)C)[C@H](O)C1. The highest BCUT2D eigenvalue weighted by Crippen LogP contribution is 2.26. The van der Waals surface area contributed by atoms with E-state index in [4.69, 9.17) is 4.74 Å². The first-order valence-corrected chi connectivity index (χ1v) is 6.48. The number of amides is 1. The molecule has 1 aliphatic carbocycles. The predicted octanol–water partition coefficient (Wildman–Crippen LogP) is 1.21. The van der Waals surface area contributed by atoms with Crippen LogP contribution in [0.5, 0.6) is 0 Å². The van der Waals surface area contributed by atoms with Crippen LogP contribution in [0.4, 0.5) is 4.79 Å². The van der Waals surface area contributed by atoms with E-state index in [1.807, 2.05) is 0 Å². The van der Waals surface area contributed by atoms with E-state index >= 15 is 0 Å². The minimum Gasteiger partial charge on any atom is -0.469 e. The van der Waals surface area contributed by atoms with Gasteiger partial charge in [0.2, 0.25) is 0 Å². The van der Waals surface area contributed by atoms with E-state index in [1.165, 1.54) is 7.11 Å². The topological polar surface area (TPSA) is 84.9 Å². The maximum Gasteiger partial charge on any atom is 0.407 e. The zero-order valence-corrected chi connectivity index (χ0v) is 11.9. The number of aliphatic hydroxyl groups excluding tert-OH is 1. The zero-order chi connectivity index (χ0) is 14.6. The molecule has 0 heterocycles. The van der Waals surface area contributed by atoms with Crippen LogP contribution < -0.4 is 5.32 Å². The standard InChI is InChI=1S/C13H23NO5/c1-13(2,3)19-12(17)14-9-6-5-8(7-10(9)15)11(16)18-4/h8-10,15H,5-7H2,1-4H3,(H,14,17)/t8-,9-,10-/m1/s1. The first-order valence-electron chi connectivity index (χ1n) is 6.48. The van der Waals surface area contributed by atoms with Crippen LogP contribution in [-0.4, -0.2) is 42.0 Å². The van der Waals surface area contributed by atoms with Gasteiger partial charge in [-0.1, -0.05) is 0 Å². The molecule has 3 atom stereocenters. The lowest BCUT2D eigenvalue weighted by Crippen LogP contribution is -2.49. The van der Waals surface area contributed by atoms with E-state index in [0.29, 0.717) is 19.3 Å². The van der Waals surface area contributed by atoms with Crippen molar-refractivity contribution < 1.29 is 24.2 Å². The molecule has 110 valence electrons. The van der Waals surface area contributed by atoms with Crippen molar-refractivity contribution in [1.29, 1.82) is 0 Å². The Morgan fingerprint density at radius 2 is 1.89 bits per heavy atom. The third-order valence-corrected chi connectivity index (χ3v) is 3.05. The molecule has 0 unspecified atom stereocenters. The van der Waals surface area contributed by atoms with E-state index in [-0.39, 0.29) is 17.9 Å². The highest BCUT2D eigenvalue weighted by atomic mass is 16.6. The van der Waals surface area contributed by atoms with Gasteiger partial charge in [-0.3, -0.25) is 4.79 Å². The fraction of sp³-hybridized carbons (Fsp3) is 0.846. The van der Waals surface area contributed by atoms with Crippen molar-refractivity contribution in [1.82, 2.24) is 5.32 Å². The molecule has 1 aliphatic rings. The van der Waals surface area contributed by atoms with Crippen LogP contribution in [0.25, 0.3) is 0 Å². The number of hydrogen-bond donors (Lipinski definition) is 2. The van der Waals surface area contributed by atoms with Gasteiger partial charge in [0, 0.05) is 0 Å². The van der Waals surface area contributed by atoms with Gasteiger partial charge >= 0.3 is 12.1 Å². The summed E-state index contributed by atoms with van der Waals surface area (Å²) in [6, 6.07) is -0.379. The van der Waals surface area contributed by atoms with Crippen molar-refractivity contribution in [2.45, 2.75) is 57.8 Å². The average Bonchev–Trinajstić information content (AvgIpc) is 2.28. The first kappa shape index (κ1) is 15.8. The van der Waals surface area contributed by atoms with Crippen LogP contribution in [0.15, 0.2) is 0 Å². The van der Waals surface area contributed by atoms with Gasteiger partial charge in [0.05, 0.1) is 25.2 Å². The number of carbonyl (C=O) groups excluding carboxylic acids is 2. The fourth-order valence-corrected chi connectivity index (χ4v) is 2.15. The van der Waals surface area contributed by atoms with E-state index < -0.39 is 17.8 Å². The minimum absolute atomic E-state index is 0.295. The van der Waals surface area contributed by atoms with Crippen molar-refractivity contribution in [2.75, 3.05) is 7.11 Å². The summed E-state index contributed by atoms with van der Waals surface area (Å²) in [5.74, 6) is -0.605. The smallest absolute Gasteiger partial charge is 0.407 e. The van der Waals surface area contributed by atoms with Crippen LogP contribution >= 0.6 is 0 Å².